The van der Waals surface area contributed by atoms with E-state index in [0.717, 1.165) is 23.1 Å². The number of rotatable bonds is 5. The molecule has 0 aliphatic carbocycles. The summed E-state index contributed by atoms with van der Waals surface area (Å²) in [4.78, 5) is 2.24. The molecule has 0 unspecified atom stereocenters. The maximum absolute atomic E-state index is 12.0. The van der Waals surface area contributed by atoms with Gasteiger partial charge in [-0.25, -0.2) is 8.42 Å². The molecule has 3 nitrogen and oxygen atoms in total. The van der Waals surface area contributed by atoms with E-state index >= 15 is 0 Å². The number of nitrogens with zero attached hydrogens (tertiary/aromatic N) is 1. The van der Waals surface area contributed by atoms with Crippen LogP contribution in [0.2, 0.25) is 0 Å². The van der Waals surface area contributed by atoms with Crippen LogP contribution in [0.25, 0.3) is 0 Å². The van der Waals surface area contributed by atoms with Crippen molar-refractivity contribution in [2.75, 3.05) is 25.4 Å². The molecule has 1 aliphatic heterocycles. The molecule has 1 aromatic carbocycles. The highest BCUT2D eigenvalue weighted by atomic mass is 79.9. The normalized spacial score (nSPS) is 17.2. The highest BCUT2D eigenvalue weighted by Gasteiger charge is 2.17. The molecule has 0 N–H and O–H groups in total. The molecular formula is C13H18BrNO2S. The Balaban J connectivity index is 1.88. The summed E-state index contributed by atoms with van der Waals surface area (Å²) in [5.74, 6) is 0.414. The summed E-state index contributed by atoms with van der Waals surface area (Å²) in [6.07, 6.45) is 2.40. The minimum atomic E-state index is -2.99. The molecule has 0 bridgehead atoms. The van der Waals surface area contributed by atoms with E-state index in [4.69, 9.17) is 0 Å². The second-order valence-corrected chi connectivity index (χ2v) is 7.87. The van der Waals surface area contributed by atoms with Gasteiger partial charge in [0, 0.05) is 11.0 Å². The van der Waals surface area contributed by atoms with Gasteiger partial charge in [0.05, 0.1) is 11.5 Å². The van der Waals surface area contributed by atoms with Crippen LogP contribution < -0.4 is 0 Å². The first kappa shape index (κ1) is 14.0. The number of likely N-dealkylation sites (tertiary alicyclic amines) is 1. The Hall–Kier alpha value is -0.390. The Bertz CT molecular complexity index is 478. The standard InChI is InChI=1S/C13H18BrNO2S/c14-13-5-3-12(4-6-13)11-18(16,17)10-9-15-7-1-2-8-15/h3-6H,1-2,7-11H2. The first-order valence-electron chi connectivity index (χ1n) is 6.22. The van der Waals surface area contributed by atoms with Crippen LogP contribution in [0.15, 0.2) is 28.7 Å². The van der Waals surface area contributed by atoms with Gasteiger partial charge in [0.15, 0.2) is 9.84 Å². The van der Waals surface area contributed by atoms with Gasteiger partial charge in [-0.1, -0.05) is 28.1 Å². The Morgan fingerprint density at radius 2 is 1.72 bits per heavy atom. The lowest BCUT2D eigenvalue weighted by Gasteiger charge is -2.14. The quantitative estimate of drug-likeness (QED) is 0.831. The number of hydrogen-bond donors (Lipinski definition) is 0. The van der Waals surface area contributed by atoms with Crippen LogP contribution in [-0.4, -0.2) is 38.7 Å². The number of hydrogen-bond acceptors (Lipinski definition) is 3. The molecule has 1 aromatic rings. The van der Waals surface area contributed by atoms with Crippen LogP contribution in [0.1, 0.15) is 18.4 Å². The summed E-state index contributed by atoms with van der Waals surface area (Å²) in [7, 11) is -2.99. The van der Waals surface area contributed by atoms with Crippen molar-refractivity contribution in [1.82, 2.24) is 4.90 Å². The van der Waals surface area contributed by atoms with Crippen LogP contribution in [0, 0.1) is 0 Å². The van der Waals surface area contributed by atoms with Crippen molar-refractivity contribution in [3.8, 4) is 0 Å². The third-order valence-corrected chi connectivity index (χ3v) is 5.32. The average molecular weight is 332 g/mol. The molecule has 100 valence electrons. The molecule has 1 heterocycles. The van der Waals surface area contributed by atoms with E-state index in [0.29, 0.717) is 6.54 Å². The SMILES string of the molecule is O=S(=O)(CCN1CCCC1)Cc1ccc(Br)cc1. The van der Waals surface area contributed by atoms with Crippen molar-refractivity contribution >= 4 is 25.8 Å². The van der Waals surface area contributed by atoms with Crippen LogP contribution in [0.4, 0.5) is 0 Å². The monoisotopic (exact) mass is 331 g/mol. The first-order chi connectivity index (χ1) is 8.55. The van der Waals surface area contributed by atoms with E-state index in [1.54, 1.807) is 0 Å². The van der Waals surface area contributed by atoms with E-state index in [9.17, 15) is 8.42 Å². The maximum atomic E-state index is 12.0. The van der Waals surface area contributed by atoms with E-state index in [1.165, 1.54) is 12.8 Å². The van der Waals surface area contributed by atoms with Gasteiger partial charge in [0.2, 0.25) is 0 Å². The largest absolute Gasteiger partial charge is 0.302 e. The van der Waals surface area contributed by atoms with Gasteiger partial charge < -0.3 is 4.90 Å². The predicted molar refractivity (Wildman–Crippen MR) is 77.3 cm³/mol. The zero-order valence-corrected chi connectivity index (χ0v) is 12.7. The molecule has 18 heavy (non-hydrogen) atoms. The molecule has 0 amide bonds. The van der Waals surface area contributed by atoms with E-state index < -0.39 is 9.84 Å². The smallest absolute Gasteiger partial charge is 0.155 e. The van der Waals surface area contributed by atoms with Crippen LogP contribution in [-0.2, 0) is 15.6 Å². The zero-order chi connectivity index (χ0) is 13.0. The number of benzene rings is 1. The molecule has 0 saturated carbocycles. The Morgan fingerprint density at radius 1 is 1.11 bits per heavy atom. The van der Waals surface area contributed by atoms with Gasteiger partial charge >= 0.3 is 0 Å². The molecule has 0 atom stereocenters. The minimum Gasteiger partial charge on any atom is -0.302 e. The van der Waals surface area contributed by atoms with Crippen molar-refractivity contribution in [2.24, 2.45) is 0 Å². The molecular weight excluding hydrogens is 314 g/mol. The molecule has 1 saturated heterocycles. The third kappa shape index (κ3) is 4.37. The van der Waals surface area contributed by atoms with Gasteiger partial charge in [0.25, 0.3) is 0 Å². The predicted octanol–water partition coefficient (Wildman–Crippen LogP) is 2.46. The van der Waals surface area contributed by atoms with E-state index in [1.807, 2.05) is 24.3 Å². The van der Waals surface area contributed by atoms with Gasteiger partial charge in [-0.2, -0.15) is 0 Å². The molecule has 5 heteroatoms. The summed E-state index contributed by atoms with van der Waals surface area (Å²) in [5, 5.41) is 0. The molecule has 0 radical (unpaired) electrons. The lowest BCUT2D eigenvalue weighted by atomic mass is 10.2. The molecule has 1 fully saturated rings. The summed E-state index contributed by atoms with van der Waals surface area (Å²) in [5.41, 5.74) is 0.861. The van der Waals surface area contributed by atoms with Gasteiger partial charge in [0.1, 0.15) is 0 Å². The van der Waals surface area contributed by atoms with Crippen LogP contribution in [0.3, 0.4) is 0 Å². The second-order valence-electron chi connectivity index (χ2n) is 4.77. The highest BCUT2D eigenvalue weighted by molar-refractivity contribution is 9.10. The third-order valence-electron chi connectivity index (χ3n) is 3.22. The average Bonchev–Trinajstić information content (AvgIpc) is 2.83. The fraction of sp³-hybridized carbons (Fsp3) is 0.538. The van der Waals surface area contributed by atoms with Crippen LogP contribution in [0.5, 0.6) is 0 Å². The van der Waals surface area contributed by atoms with Crippen molar-refractivity contribution < 1.29 is 8.42 Å². The zero-order valence-electron chi connectivity index (χ0n) is 10.3. The lowest BCUT2D eigenvalue weighted by molar-refractivity contribution is 0.359. The minimum absolute atomic E-state index is 0.147. The summed E-state index contributed by atoms with van der Waals surface area (Å²) >= 11 is 3.34. The summed E-state index contributed by atoms with van der Waals surface area (Å²) in [6.45, 7) is 2.78. The van der Waals surface area contributed by atoms with Crippen molar-refractivity contribution in [2.45, 2.75) is 18.6 Å². The topological polar surface area (TPSA) is 37.4 Å². The fourth-order valence-corrected chi connectivity index (χ4v) is 3.83. The number of halogens is 1. The maximum Gasteiger partial charge on any atom is 0.155 e. The van der Waals surface area contributed by atoms with Gasteiger partial charge in [-0.15, -0.1) is 0 Å². The Labute approximate surface area is 117 Å². The highest BCUT2D eigenvalue weighted by Crippen LogP contribution is 2.14. The van der Waals surface area contributed by atoms with E-state index in [-0.39, 0.29) is 11.5 Å². The summed E-state index contributed by atoms with van der Waals surface area (Å²) < 4.78 is 25.0. The van der Waals surface area contributed by atoms with Crippen LogP contribution >= 0.6 is 15.9 Å². The Kier molecular flexibility index (Phi) is 4.81. The first-order valence-corrected chi connectivity index (χ1v) is 8.84. The lowest BCUT2D eigenvalue weighted by Crippen LogP contribution is -2.27. The van der Waals surface area contributed by atoms with Gasteiger partial charge in [-0.05, 0) is 43.6 Å². The van der Waals surface area contributed by atoms with Crippen molar-refractivity contribution in [3.63, 3.8) is 0 Å². The van der Waals surface area contributed by atoms with E-state index in [2.05, 4.69) is 20.8 Å². The summed E-state index contributed by atoms with van der Waals surface area (Å²) in [6, 6.07) is 7.48. The fourth-order valence-electron chi connectivity index (χ4n) is 2.18. The van der Waals surface area contributed by atoms with Crippen molar-refractivity contribution in [1.29, 1.82) is 0 Å². The molecule has 2 rings (SSSR count). The van der Waals surface area contributed by atoms with Crippen molar-refractivity contribution in [3.05, 3.63) is 34.3 Å². The second kappa shape index (κ2) is 6.17. The molecule has 0 spiro atoms. The molecule has 1 aliphatic rings. The number of sulfone groups is 1. The van der Waals surface area contributed by atoms with Gasteiger partial charge in [-0.3, -0.25) is 0 Å². The Morgan fingerprint density at radius 3 is 2.33 bits per heavy atom. The molecule has 0 aromatic heterocycles.